The van der Waals surface area contributed by atoms with Gasteiger partial charge in [-0.15, -0.1) is 21.8 Å². The maximum atomic E-state index is 5.67. The highest BCUT2D eigenvalue weighted by molar-refractivity contribution is 14.1. The smallest absolute Gasteiger partial charge is 0.143 e. The zero-order valence-corrected chi connectivity index (χ0v) is 14.1. The summed E-state index contributed by atoms with van der Waals surface area (Å²) in [4.78, 5) is 0. The van der Waals surface area contributed by atoms with Crippen LogP contribution in [0.25, 0.3) is 10.6 Å². The minimum absolute atomic E-state index is 0.668. The molecule has 0 amide bonds. The number of halogens is 3. The van der Waals surface area contributed by atoms with Gasteiger partial charge in [0.1, 0.15) is 10.0 Å². The summed E-state index contributed by atoms with van der Waals surface area (Å²) in [5, 5.41) is 10.4. The Morgan fingerprint density at radius 1 is 1.35 bits per heavy atom. The minimum atomic E-state index is 0.668. The van der Waals surface area contributed by atoms with E-state index in [9.17, 15) is 0 Å². The van der Waals surface area contributed by atoms with Crippen LogP contribution in [0, 0.1) is 3.57 Å². The van der Waals surface area contributed by atoms with Crippen LogP contribution in [0.2, 0.25) is 0 Å². The Hall–Kier alpha value is 0.280. The molecule has 2 nitrogen and oxygen atoms in total. The lowest BCUT2D eigenvalue weighted by Gasteiger charge is -2.00. The van der Waals surface area contributed by atoms with Gasteiger partial charge in [0, 0.05) is 25.9 Å². The van der Waals surface area contributed by atoms with Crippen molar-refractivity contribution in [1.82, 2.24) is 10.2 Å². The van der Waals surface area contributed by atoms with Crippen LogP contribution in [0.1, 0.15) is 11.4 Å². The average Bonchev–Trinajstić information content (AvgIpc) is 2.78. The van der Waals surface area contributed by atoms with E-state index in [1.165, 1.54) is 3.57 Å². The van der Waals surface area contributed by atoms with Crippen molar-refractivity contribution >= 4 is 61.5 Å². The Bertz CT molecular complexity index is 518. The number of hydrogen-bond acceptors (Lipinski definition) is 3. The lowest BCUT2D eigenvalue weighted by atomic mass is 10.2. The molecule has 0 unspecified atom stereocenters. The Labute approximate surface area is 131 Å². The van der Waals surface area contributed by atoms with Crippen molar-refractivity contribution in [3.8, 4) is 10.6 Å². The van der Waals surface area contributed by atoms with Crippen LogP contribution in [-0.4, -0.2) is 16.1 Å². The fourth-order valence-corrected chi connectivity index (χ4v) is 3.45. The standard InChI is InChI=1S/C11H9BrClIN2S/c12-9-4-3-7(14)6-8(9)11-16-15-10(17-11)2-1-5-13/h3-4,6H,1-2,5H2. The van der Waals surface area contributed by atoms with Crippen molar-refractivity contribution in [3.05, 3.63) is 31.2 Å². The maximum Gasteiger partial charge on any atom is 0.148 e. The molecule has 0 spiro atoms. The predicted octanol–water partition coefficient (Wildman–Crippen LogP) is 4.74. The molecule has 0 radical (unpaired) electrons. The summed E-state index contributed by atoms with van der Waals surface area (Å²) >= 11 is 13.1. The summed E-state index contributed by atoms with van der Waals surface area (Å²) in [6.07, 6.45) is 1.85. The van der Waals surface area contributed by atoms with E-state index < -0.39 is 0 Å². The van der Waals surface area contributed by atoms with Gasteiger partial charge in [-0.25, -0.2) is 0 Å². The molecule has 0 N–H and O–H groups in total. The summed E-state index contributed by atoms with van der Waals surface area (Å²) < 4.78 is 2.25. The second-order valence-corrected chi connectivity index (χ2v) is 6.96. The molecule has 6 heteroatoms. The van der Waals surface area contributed by atoms with E-state index in [0.29, 0.717) is 5.88 Å². The van der Waals surface area contributed by atoms with E-state index in [1.807, 2.05) is 6.07 Å². The molecule has 0 fully saturated rings. The zero-order chi connectivity index (χ0) is 12.3. The molecule has 90 valence electrons. The number of hydrogen-bond donors (Lipinski definition) is 0. The van der Waals surface area contributed by atoms with Crippen molar-refractivity contribution < 1.29 is 0 Å². The van der Waals surface area contributed by atoms with Crippen LogP contribution < -0.4 is 0 Å². The van der Waals surface area contributed by atoms with E-state index >= 15 is 0 Å². The summed E-state index contributed by atoms with van der Waals surface area (Å²) in [6, 6.07) is 6.21. The Kier molecular flexibility index (Phi) is 5.20. The fourth-order valence-electron chi connectivity index (χ4n) is 1.34. The molecule has 17 heavy (non-hydrogen) atoms. The van der Waals surface area contributed by atoms with Crippen LogP contribution >= 0.6 is 61.5 Å². The van der Waals surface area contributed by atoms with Gasteiger partial charge in [-0.2, -0.15) is 0 Å². The van der Waals surface area contributed by atoms with Crippen LogP contribution in [0.15, 0.2) is 22.7 Å². The number of aryl methyl sites for hydroxylation is 1. The molecule has 1 aromatic heterocycles. The molecular formula is C11H9BrClIN2S. The monoisotopic (exact) mass is 442 g/mol. The molecule has 2 aromatic rings. The first kappa shape index (κ1) is 13.7. The van der Waals surface area contributed by atoms with Gasteiger partial charge >= 0.3 is 0 Å². The van der Waals surface area contributed by atoms with Gasteiger partial charge in [0.05, 0.1) is 0 Å². The maximum absolute atomic E-state index is 5.67. The summed E-state index contributed by atoms with van der Waals surface area (Å²) in [6.45, 7) is 0. The van der Waals surface area contributed by atoms with Gasteiger partial charge in [0.25, 0.3) is 0 Å². The highest BCUT2D eigenvalue weighted by Gasteiger charge is 2.10. The SMILES string of the molecule is ClCCCc1nnc(-c2cc(I)ccc2Br)s1. The Morgan fingerprint density at radius 3 is 2.94 bits per heavy atom. The summed E-state index contributed by atoms with van der Waals surface area (Å²) in [7, 11) is 0. The van der Waals surface area contributed by atoms with Crippen molar-refractivity contribution in [3.63, 3.8) is 0 Å². The first-order valence-electron chi connectivity index (χ1n) is 5.04. The summed E-state index contributed by atoms with van der Waals surface area (Å²) in [5.41, 5.74) is 1.10. The number of rotatable bonds is 4. The third kappa shape index (κ3) is 3.62. The largest absolute Gasteiger partial charge is 0.148 e. The lowest BCUT2D eigenvalue weighted by molar-refractivity contribution is 0.884. The number of nitrogens with zero attached hydrogens (tertiary/aromatic N) is 2. The summed E-state index contributed by atoms with van der Waals surface area (Å²) in [5.74, 6) is 0.668. The normalized spacial score (nSPS) is 10.8. The van der Waals surface area contributed by atoms with Crippen molar-refractivity contribution in [2.45, 2.75) is 12.8 Å². The number of aromatic nitrogens is 2. The lowest BCUT2D eigenvalue weighted by Crippen LogP contribution is -1.84. The molecule has 0 aliphatic heterocycles. The van der Waals surface area contributed by atoms with E-state index in [-0.39, 0.29) is 0 Å². The molecule has 0 saturated heterocycles. The van der Waals surface area contributed by atoms with Gasteiger partial charge in [0.15, 0.2) is 0 Å². The van der Waals surface area contributed by atoms with Gasteiger partial charge in [-0.05, 0) is 47.2 Å². The van der Waals surface area contributed by atoms with E-state index in [4.69, 9.17) is 11.6 Å². The quantitative estimate of drug-likeness (QED) is 0.504. The fraction of sp³-hybridized carbons (Fsp3) is 0.273. The molecule has 0 saturated carbocycles. The molecule has 0 atom stereocenters. The average molecular weight is 444 g/mol. The highest BCUT2D eigenvalue weighted by atomic mass is 127. The molecule has 0 aliphatic rings. The highest BCUT2D eigenvalue weighted by Crippen LogP contribution is 2.32. The molecule has 0 bridgehead atoms. The number of alkyl halides is 1. The molecule has 1 heterocycles. The van der Waals surface area contributed by atoms with Crippen LogP contribution in [0.5, 0.6) is 0 Å². The first-order valence-corrected chi connectivity index (χ1v) is 8.27. The minimum Gasteiger partial charge on any atom is -0.143 e. The molecule has 0 aliphatic carbocycles. The van der Waals surface area contributed by atoms with E-state index in [0.717, 1.165) is 32.9 Å². The topological polar surface area (TPSA) is 25.8 Å². The van der Waals surface area contributed by atoms with Crippen LogP contribution in [0.3, 0.4) is 0 Å². The predicted molar refractivity (Wildman–Crippen MR) is 84.8 cm³/mol. The van der Waals surface area contributed by atoms with Gasteiger partial charge in [0.2, 0.25) is 0 Å². The molecule has 2 rings (SSSR count). The molecular weight excluding hydrogens is 434 g/mol. The van der Waals surface area contributed by atoms with E-state index in [1.54, 1.807) is 11.3 Å². The van der Waals surface area contributed by atoms with Crippen LogP contribution in [0.4, 0.5) is 0 Å². The van der Waals surface area contributed by atoms with Crippen molar-refractivity contribution in [2.75, 3.05) is 5.88 Å². The Balaban J connectivity index is 2.27. The second kappa shape index (κ2) is 6.45. The number of benzene rings is 1. The van der Waals surface area contributed by atoms with Crippen molar-refractivity contribution in [1.29, 1.82) is 0 Å². The molecule has 1 aromatic carbocycles. The second-order valence-electron chi connectivity index (χ2n) is 3.42. The zero-order valence-electron chi connectivity index (χ0n) is 8.79. The first-order chi connectivity index (χ1) is 8.20. The van der Waals surface area contributed by atoms with Crippen molar-refractivity contribution in [2.24, 2.45) is 0 Å². The third-order valence-corrected chi connectivity index (χ3v) is 4.80. The van der Waals surface area contributed by atoms with E-state index in [2.05, 4.69) is 60.9 Å². The van der Waals surface area contributed by atoms with Crippen LogP contribution in [-0.2, 0) is 6.42 Å². The van der Waals surface area contributed by atoms with Gasteiger partial charge in [-0.1, -0.05) is 27.3 Å². The Morgan fingerprint density at radius 2 is 2.18 bits per heavy atom. The third-order valence-electron chi connectivity index (χ3n) is 2.15. The van der Waals surface area contributed by atoms with Gasteiger partial charge in [-0.3, -0.25) is 0 Å². The van der Waals surface area contributed by atoms with Gasteiger partial charge < -0.3 is 0 Å².